The minimum atomic E-state index is -0.649. The van der Waals surface area contributed by atoms with Gasteiger partial charge in [0, 0.05) is 11.9 Å². The molecule has 0 aliphatic carbocycles. The molecule has 0 atom stereocenters. The van der Waals surface area contributed by atoms with E-state index in [1.54, 1.807) is 37.4 Å². The summed E-state index contributed by atoms with van der Waals surface area (Å²) >= 11 is 23.8. The van der Waals surface area contributed by atoms with Gasteiger partial charge >= 0.3 is 5.69 Å². The Morgan fingerprint density at radius 2 is 1.81 bits per heavy atom. The molecule has 1 amide bonds. The number of para-hydroxylation sites is 2. The fourth-order valence-electron chi connectivity index (χ4n) is 2.35. The highest BCUT2D eigenvalue weighted by Gasteiger charge is 2.21. The standard InChI is InChI=1S/C16H10Cl4N4O2/c1-7-6-21-16(26)24(7)9-5-3-2-4-8(9)22-15(25)13-11(18)10(17)12(19)14(20)23-13/h2-6H,1H3,(H,21,26)(H,22,25). The highest BCUT2D eigenvalue weighted by Crippen LogP contribution is 2.36. The molecular weight excluding hydrogens is 422 g/mol. The molecule has 0 spiro atoms. The molecule has 3 aromatic rings. The van der Waals surface area contributed by atoms with Crippen LogP contribution in [0.15, 0.2) is 35.3 Å². The number of rotatable bonds is 3. The first kappa shape index (κ1) is 18.8. The Hall–Kier alpha value is -1.99. The second kappa shape index (κ2) is 7.32. The molecular formula is C16H10Cl4N4O2. The minimum absolute atomic E-state index is 0.0372. The van der Waals surface area contributed by atoms with Crippen LogP contribution in [0.2, 0.25) is 20.2 Å². The molecule has 2 N–H and O–H groups in total. The first-order valence-electron chi connectivity index (χ1n) is 7.19. The highest BCUT2D eigenvalue weighted by atomic mass is 35.5. The molecule has 0 saturated heterocycles. The summed E-state index contributed by atoms with van der Waals surface area (Å²) < 4.78 is 1.42. The van der Waals surface area contributed by atoms with Gasteiger partial charge in [0.1, 0.15) is 10.8 Å². The molecule has 0 bridgehead atoms. The highest BCUT2D eigenvalue weighted by molar-refractivity contribution is 6.52. The first-order chi connectivity index (χ1) is 12.3. The monoisotopic (exact) mass is 430 g/mol. The van der Waals surface area contributed by atoms with Gasteiger partial charge in [-0.25, -0.2) is 9.78 Å². The zero-order valence-electron chi connectivity index (χ0n) is 13.1. The number of nitrogens with zero attached hydrogens (tertiary/aromatic N) is 2. The van der Waals surface area contributed by atoms with Crippen LogP contribution in [-0.4, -0.2) is 20.4 Å². The predicted octanol–water partition coefficient (Wildman–Crippen LogP) is 4.73. The van der Waals surface area contributed by atoms with Gasteiger partial charge < -0.3 is 10.3 Å². The van der Waals surface area contributed by atoms with E-state index in [2.05, 4.69) is 15.3 Å². The van der Waals surface area contributed by atoms with Gasteiger partial charge in [-0.1, -0.05) is 58.5 Å². The Morgan fingerprint density at radius 1 is 1.12 bits per heavy atom. The van der Waals surface area contributed by atoms with Crippen molar-refractivity contribution in [3.63, 3.8) is 0 Å². The molecule has 0 saturated carbocycles. The number of pyridine rings is 1. The maximum Gasteiger partial charge on any atom is 0.330 e. The molecule has 0 unspecified atom stereocenters. The van der Waals surface area contributed by atoms with Crippen LogP contribution < -0.4 is 11.0 Å². The molecule has 3 rings (SSSR count). The summed E-state index contributed by atoms with van der Waals surface area (Å²) in [5.41, 5.74) is 1.01. The Kier molecular flexibility index (Phi) is 5.29. The number of amides is 1. The zero-order valence-corrected chi connectivity index (χ0v) is 16.1. The third kappa shape index (κ3) is 3.33. The number of nitrogens with one attached hydrogen (secondary N) is 2. The van der Waals surface area contributed by atoms with Gasteiger partial charge in [-0.2, -0.15) is 0 Å². The number of aromatic nitrogens is 3. The Labute approximate surface area is 167 Å². The lowest BCUT2D eigenvalue weighted by Gasteiger charge is -2.13. The third-order valence-corrected chi connectivity index (χ3v) is 5.23. The van der Waals surface area contributed by atoms with Gasteiger partial charge in [-0.3, -0.25) is 9.36 Å². The van der Waals surface area contributed by atoms with E-state index in [1.165, 1.54) is 4.57 Å². The maximum atomic E-state index is 12.6. The molecule has 2 heterocycles. The van der Waals surface area contributed by atoms with E-state index in [1.807, 2.05) is 0 Å². The lowest BCUT2D eigenvalue weighted by Crippen LogP contribution is -2.20. The lowest BCUT2D eigenvalue weighted by atomic mass is 10.2. The number of carbonyl (C=O) groups is 1. The van der Waals surface area contributed by atoms with Crippen molar-refractivity contribution in [2.45, 2.75) is 6.92 Å². The van der Waals surface area contributed by atoms with Crippen LogP contribution in [0.25, 0.3) is 5.69 Å². The van der Waals surface area contributed by atoms with Crippen molar-refractivity contribution in [1.29, 1.82) is 0 Å². The number of carbonyl (C=O) groups excluding carboxylic acids is 1. The summed E-state index contributed by atoms with van der Waals surface area (Å²) in [6.07, 6.45) is 1.57. The molecule has 0 aliphatic rings. The summed E-state index contributed by atoms with van der Waals surface area (Å²) in [6, 6.07) is 6.78. The summed E-state index contributed by atoms with van der Waals surface area (Å²) in [5.74, 6) is -0.649. The molecule has 0 radical (unpaired) electrons. The largest absolute Gasteiger partial charge is 0.330 e. The van der Waals surface area contributed by atoms with E-state index < -0.39 is 5.91 Å². The van der Waals surface area contributed by atoms with E-state index in [0.29, 0.717) is 17.1 Å². The van der Waals surface area contributed by atoms with Gasteiger partial charge in [-0.15, -0.1) is 0 Å². The average molecular weight is 432 g/mol. The Bertz CT molecular complexity index is 1070. The number of anilines is 1. The van der Waals surface area contributed by atoms with Crippen LogP contribution >= 0.6 is 46.4 Å². The molecule has 0 aliphatic heterocycles. The van der Waals surface area contributed by atoms with Gasteiger partial charge in [0.05, 0.1) is 26.4 Å². The SMILES string of the molecule is Cc1c[nH]c(=O)n1-c1ccccc1NC(=O)c1nc(Cl)c(Cl)c(Cl)c1Cl. The molecule has 2 aromatic heterocycles. The van der Waals surface area contributed by atoms with Crippen molar-refractivity contribution < 1.29 is 4.79 Å². The number of benzene rings is 1. The summed E-state index contributed by atoms with van der Waals surface area (Å²) in [5, 5.41) is 2.30. The first-order valence-corrected chi connectivity index (χ1v) is 8.70. The molecule has 10 heteroatoms. The lowest BCUT2D eigenvalue weighted by molar-refractivity contribution is 0.102. The number of hydrogen-bond donors (Lipinski definition) is 2. The number of aryl methyl sites for hydroxylation is 1. The van der Waals surface area contributed by atoms with Crippen LogP contribution in [-0.2, 0) is 0 Å². The number of hydrogen-bond acceptors (Lipinski definition) is 3. The average Bonchev–Trinajstić information content (AvgIpc) is 2.95. The topological polar surface area (TPSA) is 79.8 Å². The summed E-state index contributed by atoms with van der Waals surface area (Å²) in [4.78, 5) is 31.1. The second-order valence-corrected chi connectivity index (χ2v) is 6.73. The van der Waals surface area contributed by atoms with Crippen molar-refractivity contribution in [1.82, 2.24) is 14.5 Å². The van der Waals surface area contributed by atoms with E-state index in [0.717, 1.165) is 0 Å². The van der Waals surface area contributed by atoms with E-state index in [-0.39, 0.29) is 31.6 Å². The van der Waals surface area contributed by atoms with Gasteiger partial charge in [-0.05, 0) is 19.1 Å². The van der Waals surface area contributed by atoms with E-state index in [4.69, 9.17) is 46.4 Å². The third-order valence-electron chi connectivity index (χ3n) is 3.55. The van der Waals surface area contributed by atoms with E-state index in [9.17, 15) is 9.59 Å². The minimum Gasteiger partial charge on any atom is -0.319 e. The predicted molar refractivity (Wildman–Crippen MR) is 103 cm³/mol. The number of imidazole rings is 1. The smallest absolute Gasteiger partial charge is 0.319 e. The van der Waals surface area contributed by atoms with Crippen LogP contribution in [0.3, 0.4) is 0 Å². The zero-order chi connectivity index (χ0) is 19.0. The Morgan fingerprint density at radius 3 is 2.46 bits per heavy atom. The van der Waals surface area contributed by atoms with Crippen molar-refractivity contribution in [3.8, 4) is 5.69 Å². The maximum absolute atomic E-state index is 12.6. The molecule has 26 heavy (non-hydrogen) atoms. The Balaban J connectivity index is 2.04. The number of H-pyrrole nitrogens is 1. The quantitative estimate of drug-likeness (QED) is 0.588. The van der Waals surface area contributed by atoms with Crippen molar-refractivity contribution in [2.75, 3.05) is 5.32 Å². The van der Waals surface area contributed by atoms with Gasteiger partial charge in [0.25, 0.3) is 5.91 Å². The van der Waals surface area contributed by atoms with Crippen molar-refractivity contribution in [2.24, 2.45) is 0 Å². The van der Waals surface area contributed by atoms with Crippen molar-refractivity contribution >= 4 is 58.0 Å². The van der Waals surface area contributed by atoms with Crippen LogP contribution in [0.1, 0.15) is 16.2 Å². The second-order valence-electron chi connectivity index (χ2n) is 5.24. The molecule has 6 nitrogen and oxygen atoms in total. The number of aromatic amines is 1. The molecule has 134 valence electrons. The fourth-order valence-corrected chi connectivity index (χ4v) is 3.16. The summed E-state index contributed by atoms with van der Waals surface area (Å²) in [7, 11) is 0. The summed E-state index contributed by atoms with van der Waals surface area (Å²) in [6.45, 7) is 1.76. The van der Waals surface area contributed by atoms with Crippen LogP contribution in [0.4, 0.5) is 5.69 Å². The van der Waals surface area contributed by atoms with Crippen LogP contribution in [0.5, 0.6) is 0 Å². The molecule has 0 fully saturated rings. The van der Waals surface area contributed by atoms with Crippen LogP contribution in [0, 0.1) is 6.92 Å². The van der Waals surface area contributed by atoms with Gasteiger partial charge in [0.15, 0.2) is 0 Å². The number of halogens is 4. The molecule has 1 aromatic carbocycles. The van der Waals surface area contributed by atoms with E-state index >= 15 is 0 Å². The normalized spacial score (nSPS) is 10.8. The van der Waals surface area contributed by atoms with Crippen molar-refractivity contribution in [3.05, 3.63) is 72.6 Å². The van der Waals surface area contributed by atoms with Gasteiger partial charge in [0.2, 0.25) is 0 Å². The fraction of sp³-hybridized carbons (Fsp3) is 0.0625.